The molecule has 25 heavy (non-hydrogen) atoms. The zero-order valence-electron chi connectivity index (χ0n) is 12.8. The van der Waals surface area contributed by atoms with Gasteiger partial charge in [0.05, 0.1) is 15.4 Å². The van der Waals surface area contributed by atoms with Gasteiger partial charge in [-0.25, -0.2) is 4.79 Å². The van der Waals surface area contributed by atoms with Gasteiger partial charge in [0.15, 0.2) is 11.5 Å². The Morgan fingerprint density at radius 2 is 1.64 bits per heavy atom. The summed E-state index contributed by atoms with van der Waals surface area (Å²) in [5.41, 5.74) is -1.52. The van der Waals surface area contributed by atoms with Crippen molar-refractivity contribution < 1.29 is 28.9 Å². The molecule has 0 bridgehead atoms. The first-order valence-corrected chi connectivity index (χ1v) is 6.92. The Morgan fingerprint density at radius 1 is 1.04 bits per heavy atom. The van der Waals surface area contributed by atoms with Crippen LogP contribution >= 0.6 is 0 Å². The van der Waals surface area contributed by atoms with Gasteiger partial charge < -0.3 is 14.2 Å². The lowest BCUT2D eigenvalue weighted by molar-refractivity contribution is -0.395. The van der Waals surface area contributed by atoms with Crippen LogP contribution in [0.15, 0.2) is 30.3 Å². The van der Waals surface area contributed by atoms with Gasteiger partial charge >= 0.3 is 5.97 Å². The van der Waals surface area contributed by atoms with Crippen LogP contribution in [0.4, 0.5) is 11.4 Å². The van der Waals surface area contributed by atoms with Crippen LogP contribution in [-0.2, 0) is 0 Å². The number of esters is 1. The average Bonchev–Trinajstić information content (AvgIpc) is 3.02. The maximum Gasteiger partial charge on any atom is 0.344 e. The predicted molar refractivity (Wildman–Crippen MR) is 82.0 cm³/mol. The van der Waals surface area contributed by atoms with Crippen LogP contribution in [0.5, 0.6) is 17.2 Å². The number of nitro groups is 2. The number of carbonyl (C=O) groups is 1. The molecule has 0 aromatic heterocycles. The molecule has 128 valence electrons. The van der Waals surface area contributed by atoms with Crippen LogP contribution in [0, 0.1) is 27.2 Å². The molecule has 10 nitrogen and oxygen atoms in total. The molecule has 0 radical (unpaired) electrons. The van der Waals surface area contributed by atoms with Gasteiger partial charge in [0.1, 0.15) is 11.3 Å². The molecule has 1 heterocycles. The highest BCUT2D eigenvalue weighted by Gasteiger charge is 2.26. The summed E-state index contributed by atoms with van der Waals surface area (Å²) in [5.74, 6) is 0.0118. The van der Waals surface area contributed by atoms with Gasteiger partial charge in [-0.1, -0.05) is 0 Å². The van der Waals surface area contributed by atoms with E-state index in [-0.39, 0.29) is 23.7 Å². The van der Waals surface area contributed by atoms with Crippen LogP contribution < -0.4 is 14.2 Å². The minimum atomic E-state index is -0.968. The molecule has 3 rings (SSSR count). The van der Waals surface area contributed by atoms with E-state index in [2.05, 4.69) is 0 Å². The van der Waals surface area contributed by atoms with E-state index in [9.17, 15) is 25.0 Å². The summed E-state index contributed by atoms with van der Waals surface area (Å²) in [6.07, 6.45) is 0. The van der Waals surface area contributed by atoms with Crippen LogP contribution in [0.2, 0.25) is 0 Å². The van der Waals surface area contributed by atoms with Crippen LogP contribution in [0.3, 0.4) is 0 Å². The number of rotatable bonds is 4. The Bertz CT molecular complexity index is 873. The number of fused-ring (bicyclic) bond motifs is 1. The summed E-state index contributed by atoms with van der Waals surface area (Å²) in [6, 6.07) is 6.28. The second kappa shape index (κ2) is 6.07. The predicted octanol–water partition coefficient (Wildman–Crippen LogP) is 2.76. The standard InChI is InChI=1S/C15H10N2O8/c1-8-11(16(19)20)4-9(5-12(8)17(21)22)15(18)25-10-2-3-13-14(6-10)24-7-23-13/h2-6H,7H2,1H3. The van der Waals surface area contributed by atoms with Crippen molar-refractivity contribution >= 4 is 17.3 Å². The van der Waals surface area contributed by atoms with Gasteiger partial charge in [-0.3, -0.25) is 20.2 Å². The van der Waals surface area contributed by atoms with E-state index in [1.54, 1.807) is 0 Å². The van der Waals surface area contributed by atoms with Gasteiger partial charge in [0.25, 0.3) is 11.4 Å². The number of nitrogens with zero attached hydrogens (tertiary/aromatic N) is 2. The normalized spacial score (nSPS) is 11.9. The van der Waals surface area contributed by atoms with Crippen molar-refractivity contribution in [2.45, 2.75) is 6.92 Å². The number of hydrogen-bond acceptors (Lipinski definition) is 8. The highest BCUT2D eigenvalue weighted by molar-refractivity contribution is 5.93. The van der Waals surface area contributed by atoms with Crippen molar-refractivity contribution in [1.82, 2.24) is 0 Å². The third kappa shape index (κ3) is 3.04. The molecule has 0 unspecified atom stereocenters. The summed E-state index contributed by atoms with van der Waals surface area (Å²) < 4.78 is 15.4. The highest BCUT2D eigenvalue weighted by atomic mass is 16.7. The fraction of sp³-hybridized carbons (Fsp3) is 0.133. The summed E-state index contributed by atoms with van der Waals surface area (Å²) in [6.45, 7) is 1.28. The van der Waals surface area contributed by atoms with E-state index in [4.69, 9.17) is 14.2 Å². The van der Waals surface area contributed by atoms with Crippen molar-refractivity contribution in [3.05, 3.63) is 61.7 Å². The van der Waals surface area contributed by atoms with Crippen LogP contribution in [-0.4, -0.2) is 22.6 Å². The Labute approximate surface area is 139 Å². The Balaban J connectivity index is 1.94. The van der Waals surface area contributed by atoms with Gasteiger partial charge in [0.2, 0.25) is 6.79 Å². The summed E-state index contributed by atoms with van der Waals surface area (Å²) >= 11 is 0. The second-order valence-corrected chi connectivity index (χ2v) is 5.06. The summed E-state index contributed by atoms with van der Waals surface area (Å²) in [5, 5.41) is 22.1. The van der Waals surface area contributed by atoms with E-state index in [0.29, 0.717) is 11.5 Å². The third-order valence-corrected chi connectivity index (χ3v) is 3.54. The van der Waals surface area contributed by atoms with Crippen molar-refractivity contribution in [2.75, 3.05) is 6.79 Å². The van der Waals surface area contributed by atoms with Crippen molar-refractivity contribution in [2.24, 2.45) is 0 Å². The minimum absolute atomic E-state index is 0.0447. The second-order valence-electron chi connectivity index (χ2n) is 5.06. The zero-order chi connectivity index (χ0) is 18.1. The van der Waals surface area contributed by atoms with E-state index >= 15 is 0 Å². The molecular weight excluding hydrogens is 336 g/mol. The minimum Gasteiger partial charge on any atom is -0.454 e. The first-order chi connectivity index (χ1) is 11.9. The molecule has 0 saturated heterocycles. The number of benzene rings is 2. The fourth-order valence-corrected chi connectivity index (χ4v) is 2.29. The summed E-state index contributed by atoms with van der Waals surface area (Å²) in [4.78, 5) is 32.8. The van der Waals surface area contributed by atoms with Crippen molar-refractivity contribution in [3.8, 4) is 17.2 Å². The van der Waals surface area contributed by atoms with E-state index in [1.165, 1.54) is 25.1 Å². The van der Waals surface area contributed by atoms with E-state index in [1.807, 2.05) is 0 Å². The smallest absolute Gasteiger partial charge is 0.344 e. The largest absolute Gasteiger partial charge is 0.454 e. The lowest BCUT2D eigenvalue weighted by Crippen LogP contribution is -2.10. The molecule has 0 amide bonds. The topological polar surface area (TPSA) is 131 Å². The zero-order valence-corrected chi connectivity index (χ0v) is 12.8. The van der Waals surface area contributed by atoms with Crippen LogP contribution in [0.25, 0.3) is 0 Å². The molecule has 2 aromatic rings. The van der Waals surface area contributed by atoms with Gasteiger partial charge in [0, 0.05) is 18.2 Å². The number of hydrogen-bond donors (Lipinski definition) is 0. The molecule has 1 aliphatic rings. The molecule has 0 saturated carbocycles. The van der Waals surface area contributed by atoms with Crippen LogP contribution in [0.1, 0.15) is 15.9 Å². The number of carbonyl (C=O) groups excluding carboxylic acids is 1. The SMILES string of the molecule is Cc1c([N+](=O)[O-])cc(C(=O)Oc2ccc3c(c2)OCO3)cc1[N+](=O)[O-]. The molecule has 0 spiro atoms. The molecule has 0 atom stereocenters. The lowest BCUT2D eigenvalue weighted by Gasteiger charge is -2.06. The molecule has 1 aliphatic heterocycles. The maximum absolute atomic E-state index is 12.2. The molecule has 10 heteroatoms. The molecule has 0 aliphatic carbocycles. The highest BCUT2D eigenvalue weighted by Crippen LogP contribution is 2.35. The first kappa shape index (κ1) is 16.2. The Morgan fingerprint density at radius 3 is 2.24 bits per heavy atom. The van der Waals surface area contributed by atoms with E-state index < -0.39 is 27.2 Å². The third-order valence-electron chi connectivity index (χ3n) is 3.54. The van der Waals surface area contributed by atoms with Crippen molar-refractivity contribution in [1.29, 1.82) is 0 Å². The van der Waals surface area contributed by atoms with Gasteiger partial charge in [-0.2, -0.15) is 0 Å². The molecule has 0 N–H and O–H groups in total. The Kier molecular flexibility index (Phi) is 3.93. The molecular formula is C15H10N2O8. The maximum atomic E-state index is 12.2. The van der Waals surface area contributed by atoms with Crippen molar-refractivity contribution in [3.63, 3.8) is 0 Å². The lowest BCUT2D eigenvalue weighted by atomic mass is 10.1. The monoisotopic (exact) mass is 346 g/mol. The van der Waals surface area contributed by atoms with Gasteiger partial charge in [-0.15, -0.1) is 0 Å². The Hall–Kier alpha value is -3.69. The van der Waals surface area contributed by atoms with E-state index in [0.717, 1.165) is 12.1 Å². The molecule has 0 fully saturated rings. The first-order valence-electron chi connectivity index (χ1n) is 6.92. The van der Waals surface area contributed by atoms with Gasteiger partial charge in [-0.05, 0) is 19.1 Å². The average molecular weight is 346 g/mol. The number of ether oxygens (including phenoxy) is 3. The quantitative estimate of drug-likeness (QED) is 0.357. The summed E-state index contributed by atoms with van der Waals surface area (Å²) in [7, 11) is 0. The fourth-order valence-electron chi connectivity index (χ4n) is 2.29. The molecule has 2 aromatic carbocycles. The number of nitro benzene ring substituents is 2.